The molecule has 0 radical (unpaired) electrons. The number of anilines is 1. The smallest absolute Gasteiger partial charge is 0.124 e. The first-order valence-electron chi connectivity index (χ1n) is 4.89. The summed E-state index contributed by atoms with van der Waals surface area (Å²) in [6.45, 7) is 0. The highest BCUT2D eigenvalue weighted by Crippen LogP contribution is 2.31. The molecule has 0 aliphatic rings. The number of hydrogen-bond donors (Lipinski definition) is 1. The van der Waals surface area contributed by atoms with Gasteiger partial charge in [0.05, 0.1) is 15.9 Å². The van der Waals surface area contributed by atoms with Gasteiger partial charge in [-0.05, 0) is 12.1 Å². The quantitative estimate of drug-likeness (QED) is 0.695. The summed E-state index contributed by atoms with van der Waals surface area (Å²) in [5, 5.41) is 1.11. The Labute approximate surface area is 96.6 Å². The molecule has 0 saturated carbocycles. The molecule has 16 heavy (non-hydrogen) atoms. The van der Waals surface area contributed by atoms with Crippen LogP contribution in [0.5, 0.6) is 0 Å². The van der Waals surface area contributed by atoms with E-state index in [1.165, 1.54) is 0 Å². The van der Waals surface area contributed by atoms with Gasteiger partial charge >= 0.3 is 0 Å². The zero-order valence-electron chi connectivity index (χ0n) is 8.42. The van der Waals surface area contributed by atoms with Gasteiger partial charge in [-0.2, -0.15) is 0 Å². The minimum Gasteiger partial charge on any atom is -0.384 e. The highest BCUT2D eigenvalue weighted by molar-refractivity contribution is 7.13. The fraction of sp³-hybridized carbons (Fsp3) is 0. The Kier molecular flexibility index (Phi) is 2.08. The standard InChI is InChI=1S/C12H9N3S/c13-12-5-9(11-6-14-7-16-11)8-3-1-2-4-10(8)15-12/h1-7H,(H2,13,15). The molecule has 78 valence electrons. The lowest BCUT2D eigenvalue weighted by Crippen LogP contribution is -1.91. The number of para-hydroxylation sites is 1. The Hall–Kier alpha value is -1.94. The van der Waals surface area contributed by atoms with Crippen LogP contribution < -0.4 is 5.73 Å². The average Bonchev–Trinajstić information content (AvgIpc) is 2.81. The number of hydrogen-bond acceptors (Lipinski definition) is 4. The van der Waals surface area contributed by atoms with Crippen molar-refractivity contribution in [3.8, 4) is 10.4 Å². The van der Waals surface area contributed by atoms with Crippen molar-refractivity contribution in [1.82, 2.24) is 9.97 Å². The molecular formula is C12H9N3S. The Balaban J connectivity index is 2.39. The van der Waals surface area contributed by atoms with Gasteiger partial charge in [-0.1, -0.05) is 18.2 Å². The molecule has 0 saturated heterocycles. The van der Waals surface area contributed by atoms with Crippen LogP contribution >= 0.6 is 11.3 Å². The van der Waals surface area contributed by atoms with Crippen LogP contribution in [0.3, 0.4) is 0 Å². The predicted octanol–water partition coefficient (Wildman–Crippen LogP) is 2.94. The minimum atomic E-state index is 0.544. The number of rotatable bonds is 1. The van der Waals surface area contributed by atoms with Gasteiger partial charge in [0.25, 0.3) is 0 Å². The Morgan fingerprint density at radius 1 is 1.19 bits per heavy atom. The SMILES string of the molecule is Nc1cc(-c2cncs2)c2ccccc2n1. The van der Waals surface area contributed by atoms with Gasteiger partial charge in [0, 0.05) is 17.1 Å². The minimum absolute atomic E-state index is 0.544. The molecule has 0 unspecified atom stereocenters. The van der Waals surface area contributed by atoms with Crippen molar-refractivity contribution in [3.05, 3.63) is 42.0 Å². The Bertz CT molecular complexity index is 632. The van der Waals surface area contributed by atoms with E-state index in [1.807, 2.05) is 36.0 Å². The summed E-state index contributed by atoms with van der Waals surface area (Å²) in [4.78, 5) is 9.52. The van der Waals surface area contributed by atoms with Gasteiger partial charge in [0.2, 0.25) is 0 Å². The predicted molar refractivity (Wildman–Crippen MR) is 67.3 cm³/mol. The third kappa shape index (κ3) is 1.44. The molecule has 0 amide bonds. The fourth-order valence-corrected chi connectivity index (χ4v) is 2.40. The van der Waals surface area contributed by atoms with E-state index in [1.54, 1.807) is 11.3 Å². The van der Waals surface area contributed by atoms with Crippen molar-refractivity contribution in [2.24, 2.45) is 0 Å². The van der Waals surface area contributed by atoms with Crippen molar-refractivity contribution in [1.29, 1.82) is 0 Å². The fourth-order valence-electron chi connectivity index (χ4n) is 1.75. The molecule has 0 bridgehead atoms. The zero-order valence-corrected chi connectivity index (χ0v) is 9.24. The maximum Gasteiger partial charge on any atom is 0.124 e. The van der Waals surface area contributed by atoms with Crippen LogP contribution in [0, 0.1) is 0 Å². The van der Waals surface area contributed by atoms with E-state index < -0.39 is 0 Å². The molecule has 3 rings (SSSR count). The summed E-state index contributed by atoms with van der Waals surface area (Å²) in [6, 6.07) is 9.89. The first kappa shape index (κ1) is 9.30. The number of aromatic nitrogens is 2. The lowest BCUT2D eigenvalue weighted by Gasteiger charge is -2.04. The molecule has 2 N–H and O–H groups in total. The number of nitrogens with two attached hydrogens (primary N) is 1. The summed E-state index contributed by atoms with van der Waals surface area (Å²) in [7, 11) is 0. The molecule has 0 aliphatic carbocycles. The molecule has 0 aliphatic heterocycles. The van der Waals surface area contributed by atoms with Gasteiger partial charge in [-0.15, -0.1) is 11.3 Å². The lowest BCUT2D eigenvalue weighted by molar-refractivity contribution is 1.40. The van der Waals surface area contributed by atoms with Crippen molar-refractivity contribution in [3.63, 3.8) is 0 Å². The summed E-state index contributed by atoms with van der Waals surface area (Å²) in [5.41, 5.74) is 9.65. The van der Waals surface area contributed by atoms with E-state index in [-0.39, 0.29) is 0 Å². The normalized spacial score (nSPS) is 10.8. The Morgan fingerprint density at radius 3 is 2.88 bits per heavy atom. The van der Waals surface area contributed by atoms with Crippen LogP contribution in [0.25, 0.3) is 21.3 Å². The maximum atomic E-state index is 5.80. The van der Waals surface area contributed by atoms with E-state index in [4.69, 9.17) is 5.73 Å². The molecule has 0 atom stereocenters. The van der Waals surface area contributed by atoms with E-state index in [0.29, 0.717) is 5.82 Å². The van der Waals surface area contributed by atoms with Crippen LogP contribution in [0.15, 0.2) is 42.0 Å². The highest BCUT2D eigenvalue weighted by Gasteiger charge is 2.07. The topological polar surface area (TPSA) is 51.8 Å². The third-order valence-electron chi connectivity index (χ3n) is 2.43. The van der Waals surface area contributed by atoms with E-state index in [9.17, 15) is 0 Å². The molecule has 2 heterocycles. The number of nitrogen functional groups attached to an aromatic ring is 1. The molecule has 0 fully saturated rings. The Morgan fingerprint density at radius 2 is 2.06 bits per heavy atom. The van der Waals surface area contributed by atoms with Gasteiger partial charge in [-0.3, -0.25) is 4.98 Å². The van der Waals surface area contributed by atoms with Crippen LogP contribution in [0.4, 0.5) is 5.82 Å². The molecule has 2 aromatic heterocycles. The van der Waals surface area contributed by atoms with Gasteiger partial charge in [-0.25, -0.2) is 4.98 Å². The molecular weight excluding hydrogens is 218 g/mol. The second kappa shape index (κ2) is 3.57. The number of pyridine rings is 1. The summed E-state index contributed by atoms with van der Waals surface area (Å²) in [5.74, 6) is 0.544. The molecule has 3 nitrogen and oxygen atoms in total. The first-order chi connectivity index (χ1) is 7.84. The van der Waals surface area contributed by atoms with Gasteiger partial charge < -0.3 is 5.73 Å². The molecule has 3 aromatic rings. The second-order valence-corrected chi connectivity index (χ2v) is 4.36. The van der Waals surface area contributed by atoms with Crippen LogP contribution in [-0.4, -0.2) is 9.97 Å². The molecule has 1 aromatic carbocycles. The first-order valence-corrected chi connectivity index (χ1v) is 5.77. The number of nitrogens with zero attached hydrogens (tertiary/aromatic N) is 2. The molecule has 4 heteroatoms. The summed E-state index contributed by atoms with van der Waals surface area (Å²) < 4.78 is 0. The van der Waals surface area contributed by atoms with Crippen molar-refractivity contribution >= 4 is 28.1 Å². The van der Waals surface area contributed by atoms with E-state index in [0.717, 1.165) is 21.3 Å². The van der Waals surface area contributed by atoms with Gasteiger partial charge in [0.15, 0.2) is 0 Å². The highest BCUT2D eigenvalue weighted by atomic mass is 32.1. The van der Waals surface area contributed by atoms with Crippen molar-refractivity contribution in [2.45, 2.75) is 0 Å². The largest absolute Gasteiger partial charge is 0.384 e. The van der Waals surface area contributed by atoms with Crippen LogP contribution in [0.2, 0.25) is 0 Å². The average molecular weight is 227 g/mol. The lowest BCUT2D eigenvalue weighted by atomic mass is 10.1. The monoisotopic (exact) mass is 227 g/mol. The zero-order chi connectivity index (χ0) is 11.0. The van der Waals surface area contributed by atoms with Crippen molar-refractivity contribution in [2.75, 3.05) is 5.73 Å². The van der Waals surface area contributed by atoms with Crippen LogP contribution in [0.1, 0.15) is 0 Å². The van der Waals surface area contributed by atoms with E-state index in [2.05, 4.69) is 16.0 Å². The van der Waals surface area contributed by atoms with Crippen molar-refractivity contribution < 1.29 is 0 Å². The maximum absolute atomic E-state index is 5.80. The number of thiazole rings is 1. The number of benzene rings is 1. The third-order valence-corrected chi connectivity index (χ3v) is 3.24. The molecule has 0 spiro atoms. The number of fused-ring (bicyclic) bond motifs is 1. The van der Waals surface area contributed by atoms with E-state index >= 15 is 0 Å². The second-order valence-electron chi connectivity index (χ2n) is 3.48. The summed E-state index contributed by atoms with van der Waals surface area (Å²) >= 11 is 1.61. The van der Waals surface area contributed by atoms with Gasteiger partial charge in [0.1, 0.15) is 5.82 Å². The van der Waals surface area contributed by atoms with Crippen LogP contribution in [-0.2, 0) is 0 Å². The summed E-state index contributed by atoms with van der Waals surface area (Å²) in [6.07, 6.45) is 1.85.